The lowest BCUT2D eigenvalue weighted by Gasteiger charge is -2.44. The number of aromatic nitrogens is 1. The molecule has 2 N–H and O–H groups in total. The number of carbonyl (C=O) groups excluding carboxylic acids is 2. The Bertz CT molecular complexity index is 1230. The van der Waals surface area contributed by atoms with Gasteiger partial charge in [0.1, 0.15) is 5.82 Å². The largest absolute Gasteiger partial charge is 0.475 e. The van der Waals surface area contributed by atoms with Crippen molar-refractivity contribution in [1.29, 1.82) is 0 Å². The molecule has 1 fully saturated rings. The number of hydrogen-bond donors (Lipinski definition) is 2. The molecule has 0 saturated carbocycles. The number of carbonyl (C=O) groups is 3. The number of benzene rings is 2. The summed E-state index contributed by atoms with van der Waals surface area (Å²) in [5, 5.41) is 9.59. The molecule has 1 aliphatic rings. The van der Waals surface area contributed by atoms with Crippen LogP contribution in [0, 0.1) is 12.7 Å². The van der Waals surface area contributed by atoms with Gasteiger partial charge in [-0.05, 0) is 56.7 Å². The van der Waals surface area contributed by atoms with Crippen molar-refractivity contribution in [3.05, 3.63) is 70.7 Å². The standard InChI is InChI=1S/C25H26FN3O4/c1-14-12-29(15(2)11-28(14)13-17-4-7-19(26)8-5-17)24(31)22-16(3)27-21-9-6-18(10-20(21)22)23(30)25(32)33/h4-10,14-15,27H,11-13H2,1-3H3,(H,32,33). The average molecular weight is 451 g/mol. The maximum Gasteiger partial charge on any atom is 0.377 e. The van der Waals surface area contributed by atoms with E-state index in [0.717, 1.165) is 5.56 Å². The third kappa shape index (κ3) is 4.39. The van der Waals surface area contributed by atoms with Crippen molar-refractivity contribution in [2.45, 2.75) is 39.4 Å². The van der Waals surface area contributed by atoms with Gasteiger partial charge in [0.15, 0.2) is 0 Å². The van der Waals surface area contributed by atoms with Gasteiger partial charge in [-0.25, -0.2) is 9.18 Å². The summed E-state index contributed by atoms with van der Waals surface area (Å²) in [4.78, 5) is 43.9. The third-order valence-electron chi connectivity index (χ3n) is 6.33. The van der Waals surface area contributed by atoms with E-state index in [-0.39, 0.29) is 29.4 Å². The number of aryl methyl sites for hydroxylation is 1. The number of nitrogens with one attached hydrogen (secondary N) is 1. The minimum atomic E-state index is -1.53. The van der Waals surface area contributed by atoms with Crippen molar-refractivity contribution in [3.8, 4) is 0 Å². The van der Waals surface area contributed by atoms with Crippen LogP contribution in [0.1, 0.15) is 45.8 Å². The summed E-state index contributed by atoms with van der Waals surface area (Å²) in [5.41, 5.74) is 2.85. The highest BCUT2D eigenvalue weighted by atomic mass is 19.1. The number of halogens is 1. The van der Waals surface area contributed by atoms with Crippen LogP contribution in [0.15, 0.2) is 42.5 Å². The van der Waals surface area contributed by atoms with E-state index in [1.807, 2.05) is 11.8 Å². The Morgan fingerprint density at radius 2 is 1.76 bits per heavy atom. The molecule has 1 saturated heterocycles. The van der Waals surface area contributed by atoms with Crippen molar-refractivity contribution in [2.24, 2.45) is 0 Å². The summed E-state index contributed by atoms with van der Waals surface area (Å²) in [7, 11) is 0. The predicted octanol–water partition coefficient (Wildman–Crippen LogP) is 3.62. The monoisotopic (exact) mass is 451 g/mol. The number of aliphatic carboxylic acids is 1. The third-order valence-corrected chi connectivity index (χ3v) is 6.33. The fraction of sp³-hybridized carbons (Fsp3) is 0.320. The van der Waals surface area contributed by atoms with Crippen molar-refractivity contribution >= 4 is 28.6 Å². The first-order valence-electron chi connectivity index (χ1n) is 10.8. The molecule has 2 heterocycles. The van der Waals surface area contributed by atoms with Crippen LogP contribution in [0.25, 0.3) is 10.9 Å². The number of amides is 1. The molecule has 0 spiro atoms. The summed E-state index contributed by atoms with van der Waals surface area (Å²) in [6.45, 7) is 7.69. The van der Waals surface area contributed by atoms with E-state index in [9.17, 15) is 18.8 Å². The molecule has 0 bridgehead atoms. The van der Waals surface area contributed by atoms with Gasteiger partial charge in [-0.15, -0.1) is 0 Å². The normalized spacial score (nSPS) is 19.1. The lowest BCUT2D eigenvalue weighted by Crippen LogP contribution is -2.57. The molecule has 0 aliphatic carbocycles. The lowest BCUT2D eigenvalue weighted by molar-refractivity contribution is -0.131. The highest BCUT2D eigenvalue weighted by molar-refractivity contribution is 6.40. The van der Waals surface area contributed by atoms with Crippen LogP contribution in [0.5, 0.6) is 0 Å². The number of Topliss-reactive ketones (excluding diaryl/α,β-unsaturated/α-hetero) is 1. The molecular weight excluding hydrogens is 425 g/mol. The number of H-pyrrole nitrogens is 1. The zero-order valence-corrected chi connectivity index (χ0v) is 18.8. The van der Waals surface area contributed by atoms with E-state index < -0.39 is 11.8 Å². The molecule has 2 atom stereocenters. The van der Waals surface area contributed by atoms with E-state index in [0.29, 0.717) is 41.8 Å². The Morgan fingerprint density at radius 1 is 1.06 bits per heavy atom. The average Bonchev–Trinajstić information content (AvgIpc) is 3.11. The van der Waals surface area contributed by atoms with Crippen LogP contribution < -0.4 is 0 Å². The van der Waals surface area contributed by atoms with Gasteiger partial charge < -0.3 is 15.0 Å². The van der Waals surface area contributed by atoms with E-state index >= 15 is 0 Å². The van der Waals surface area contributed by atoms with E-state index in [1.54, 1.807) is 25.1 Å². The molecule has 1 amide bonds. The molecule has 0 radical (unpaired) electrons. The van der Waals surface area contributed by atoms with Crippen LogP contribution >= 0.6 is 0 Å². The van der Waals surface area contributed by atoms with Crippen LogP contribution in [0.4, 0.5) is 4.39 Å². The molecule has 33 heavy (non-hydrogen) atoms. The Labute approximate surface area is 190 Å². The van der Waals surface area contributed by atoms with Crippen molar-refractivity contribution in [1.82, 2.24) is 14.8 Å². The molecule has 172 valence electrons. The molecule has 3 aromatic rings. The SMILES string of the molecule is Cc1[nH]c2ccc(C(=O)C(=O)O)cc2c1C(=O)N1CC(C)N(Cc2ccc(F)cc2)CC1C. The molecular formula is C25H26FN3O4. The predicted molar refractivity (Wildman–Crippen MR) is 122 cm³/mol. The smallest absolute Gasteiger partial charge is 0.377 e. The Hall–Kier alpha value is -3.52. The first-order valence-corrected chi connectivity index (χ1v) is 10.8. The molecule has 7 nitrogen and oxygen atoms in total. The first kappa shape index (κ1) is 22.7. The maximum absolute atomic E-state index is 13.6. The highest BCUT2D eigenvalue weighted by Gasteiger charge is 2.34. The number of ketones is 1. The fourth-order valence-electron chi connectivity index (χ4n) is 4.54. The number of hydrogen-bond acceptors (Lipinski definition) is 4. The van der Waals surface area contributed by atoms with Crippen molar-refractivity contribution in [2.75, 3.05) is 13.1 Å². The topological polar surface area (TPSA) is 93.7 Å². The number of carboxylic acid groups (broad SMARTS) is 1. The summed E-state index contributed by atoms with van der Waals surface area (Å²) < 4.78 is 13.2. The second-order valence-electron chi connectivity index (χ2n) is 8.73. The molecule has 2 unspecified atom stereocenters. The van der Waals surface area contributed by atoms with Crippen LogP contribution in [-0.4, -0.2) is 62.7 Å². The van der Waals surface area contributed by atoms with Gasteiger partial charge >= 0.3 is 5.97 Å². The quantitative estimate of drug-likeness (QED) is 0.457. The minimum Gasteiger partial charge on any atom is -0.475 e. The Balaban J connectivity index is 1.58. The van der Waals surface area contributed by atoms with Gasteiger partial charge in [0.05, 0.1) is 5.56 Å². The van der Waals surface area contributed by atoms with Gasteiger partial charge in [0, 0.05) is 53.9 Å². The van der Waals surface area contributed by atoms with Gasteiger partial charge in [0.25, 0.3) is 11.7 Å². The van der Waals surface area contributed by atoms with Gasteiger partial charge in [0.2, 0.25) is 0 Å². The Kier molecular flexibility index (Phi) is 6.03. The van der Waals surface area contributed by atoms with Crippen LogP contribution in [-0.2, 0) is 11.3 Å². The number of piperazine rings is 1. The number of fused-ring (bicyclic) bond motifs is 1. The second-order valence-corrected chi connectivity index (χ2v) is 8.73. The molecule has 2 aromatic carbocycles. The molecule has 4 rings (SSSR count). The number of rotatable bonds is 5. The van der Waals surface area contributed by atoms with E-state index in [4.69, 9.17) is 5.11 Å². The first-order chi connectivity index (χ1) is 15.7. The molecule has 1 aromatic heterocycles. The number of nitrogens with zero attached hydrogens (tertiary/aromatic N) is 2. The van der Waals surface area contributed by atoms with Gasteiger partial charge in [-0.3, -0.25) is 14.5 Å². The fourth-order valence-corrected chi connectivity index (χ4v) is 4.54. The van der Waals surface area contributed by atoms with Crippen LogP contribution in [0.3, 0.4) is 0 Å². The zero-order chi connectivity index (χ0) is 23.9. The molecule has 8 heteroatoms. The zero-order valence-electron chi connectivity index (χ0n) is 18.8. The van der Waals surface area contributed by atoms with E-state index in [1.165, 1.54) is 24.3 Å². The number of aromatic amines is 1. The van der Waals surface area contributed by atoms with Crippen molar-refractivity contribution in [3.63, 3.8) is 0 Å². The summed E-state index contributed by atoms with van der Waals surface area (Å²) >= 11 is 0. The summed E-state index contributed by atoms with van der Waals surface area (Å²) in [6, 6.07) is 11.0. The summed E-state index contributed by atoms with van der Waals surface area (Å²) in [5.74, 6) is -2.96. The lowest BCUT2D eigenvalue weighted by atomic mass is 10.0. The van der Waals surface area contributed by atoms with Crippen LogP contribution in [0.2, 0.25) is 0 Å². The second kappa shape index (κ2) is 8.78. The van der Waals surface area contributed by atoms with Gasteiger partial charge in [-0.1, -0.05) is 12.1 Å². The maximum atomic E-state index is 13.6. The molecule has 1 aliphatic heterocycles. The number of carboxylic acids is 1. The highest BCUT2D eigenvalue weighted by Crippen LogP contribution is 2.28. The summed E-state index contributed by atoms with van der Waals surface area (Å²) in [6.07, 6.45) is 0. The Morgan fingerprint density at radius 3 is 2.42 bits per heavy atom. The van der Waals surface area contributed by atoms with Crippen molar-refractivity contribution < 1.29 is 23.9 Å². The van der Waals surface area contributed by atoms with E-state index in [2.05, 4.69) is 16.8 Å². The van der Waals surface area contributed by atoms with Gasteiger partial charge in [-0.2, -0.15) is 0 Å². The minimum absolute atomic E-state index is 0.0357.